The van der Waals surface area contributed by atoms with Crippen molar-refractivity contribution in [2.75, 3.05) is 17.6 Å². The highest BCUT2D eigenvalue weighted by molar-refractivity contribution is 9.10. The van der Waals surface area contributed by atoms with E-state index in [1.807, 2.05) is 0 Å². The SMILES string of the molecule is CC1(C)CCC(O)(CNc2cc(F)c(Br)cc2N)CC1. The van der Waals surface area contributed by atoms with E-state index in [0.717, 1.165) is 25.7 Å². The summed E-state index contributed by atoms with van der Waals surface area (Å²) in [5, 5.41) is 13.7. The number of hydrogen-bond donors (Lipinski definition) is 3. The second-order valence-corrected chi connectivity index (χ2v) is 7.45. The molecule has 1 saturated carbocycles. The summed E-state index contributed by atoms with van der Waals surface area (Å²) < 4.78 is 13.9. The molecule has 4 N–H and O–H groups in total. The van der Waals surface area contributed by atoms with E-state index in [1.165, 1.54) is 12.1 Å². The normalized spacial score (nSPS) is 20.6. The van der Waals surface area contributed by atoms with Gasteiger partial charge in [-0.2, -0.15) is 0 Å². The third-order valence-corrected chi connectivity index (χ3v) is 4.84. The van der Waals surface area contributed by atoms with Crippen LogP contribution < -0.4 is 11.1 Å². The molecule has 0 aliphatic heterocycles. The molecule has 1 fully saturated rings. The Morgan fingerprint density at radius 3 is 2.50 bits per heavy atom. The zero-order chi connectivity index (χ0) is 15.0. The van der Waals surface area contributed by atoms with Gasteiger partial charge in [0, 0.05) is 12.6 Å². The minimum absolute atomic E-state index is 0.301. The molecule has 3 nitrogen and oxygen atoms in total. The van der Waals surface area contributed by atoms with Crippen molar-refractivity contribution in [3.8, 4) is 0 Å². The third-order valence-electron chi connectivity index (χ3n) is 4.23. The van der Waals surface area contributed by atoms with Crippen LogP contribution in [-0.2, 0) is 0 Å². The fourth-order valence-electron chi connectivity index (χ4n) is 2.54. The van der Waals surface area contributed by atoms with Crippen LogP contribution in [0.5, 0.6) is 0 Å². The van der Waals surface area contributed by atoms with Gasteiger partial charge in [-0.15, -0.1) is 0 Å². The van der Waals surface area contributed by atoms with Gasteiger partial charge < -0.3 is 16.2 Å². The molecule has 0 aromatic heterocycles. The van der Waals surface area contributed by atoms with Crippen LogP contribution in [0.25, 0.3) is 0 Å². The van der Waals surface area contributed by atoms with Gasteiger partial charge in [-0.25, -0.2) is 4.39 Å². The summed E-state index contributed by atoms with van der Waals surface area (Å²) >= 11 is 3.10. The number of nitrogen functional groups attached to an aromatic ring is 1. The average Bonchev–Trinajstić information content (AvgIpc) is 2.37. The second-order valence-electron chi connectivity index (χ2n) is 6.60. The molecule has 0 spiro atoms. The predicted molar refractivity (Wildman–Crippen MR) is 84.2 cm³/mol. The van der Waals surface area contributed by atoms with Crippen molar-refractivity contribution in [3.05, 3.63) is 22.4 Å². The first-order valence-electron chi connectivity index (χ1n) is 6.92. The molecule has 1 aliphatic carbocycles. The minimum Gasteiger partial charge on any atom is -0.397 e. The monoisotopic (exact) mass is 344 g/mol. The molecule has 1 aliphatic rings. The van der Waals surface area contributed by atoms with Gasteiger partial charge in [0.25, 0.3) is 0 Å². The summed E-state index contributed by atoms with van der Waals surface area (Å²) in [6, 6.07) is 2.89. The van der Waals surface area contributed by atoms with Gasteiger partial charge in [-0.1, -0.05) is 13.8 Å². The lowest BCUT2D eigenvalue weighted by Gasteiger charge is -2.40. The number of benzene rings is 1. The summed E-state index contributed by atoms with van der Waals surface area (Å²) in [5.74, 6) is -0.363. The Kier molecular flexibility index (Phi) is 4.30. The van der Waals surface area contributed by atoms with E-state index in [2.05, 4.69) is 35.1 Å². The number of aliphatic hydroxyl groups is 1. The van der Waals surface area contributed by atoms with Crippen LogP contribution in [0, 0.1) is 11.2 Å². The lowest BCUT2D eigenvalue weighted by Crippen LogP contribution is -2.42. The molecule has 0 atom stereocenters. The average molecular weight is 345 g/mol. The van der Waals surface area contributed by atoms with Crippen LogP contribution >= 0.6 is 15.9 Å². The molecule has 0 radical (unpaired) electrons. The molecule has 5 heteroatoms. The summed E-state index contributed by atoms with van der Waals surface area (Å²) in [4.78, 5) is 0. The van der Waals surface area contributed by atoms with Crippen molar-refractivity contribution < 1.29 is 9.50 Å². The van der Waals surface area contributed by atoms with Gasteiger partial charge in [0.2, 0.25) is 0 Å². The van der Waals surface area contributed by atoms with Gasteiger partial charge in [0.05, 0.1) is 21.4 Å². The summed E-state index contributed by atoms with van der Waals surface area (Å²) in [6.07, 6.45) is 3.50. The first-order valence-corrected chi connectivity index (χ1v) is 7.71. The van der Waals surface area contributed by atoms with E-state index in [-0.39, 0.29) is 5.82 Å². The van der Waals surface area contributed by atoms with Crippen molar-refractivity contribution in [1.82, 2.24) is 0 Å². The Labute approximate surface area is 127 Å². The molecule has 2 rings (SSSR count). The molecule has 0 heterocycles. The Hall–Kier alpha value is -0.810. The zero-order valence-electron chi connectivity index (χ0n) is 12.0. The van der Waals surface area contributed by atoms with Gasteiger partial charge in [0.1, 0.15) is 5.82 Å². The van der Waals surface area contributed by atoms with Crippen molar-refractivity contribution in [1.29, 1.82) is 0 Å². The smallest absolute Gasteiger partial charge is 0.139 e. The maximum atomic E-state index is 13.5. The molecule has 0 unspecified atom stereocenters. The first kappa shape index (κ1) is 15.6. The molecule has 1 aromatic carbocycles. The van der Waals surface area contributed by atoms with Crippen molar-refractivity contribution in [2.45, 2.75) is 45.1 Å². The first-order chi connectivity index (χ1) is 9.21. The Balaban J connectivity index is 2.00. The van der Waals surface area contributed by atoms with Crippen molar-refractivity contribution >= 4 is 27.3 Å². The highest BCUT2D eigenvalue weighted by Crippen LogP contribution is 2.40. The standard InChI is InChI=1S/C15H22BrFN2O/c1-14(2)3-5-15(20,6-4-14)9-19-13-8-11(17)10(16)7-12(13)18/h7-8,19-20H,3-6,9,18H2,1-2H3. The summed E-state index contributed by atoms with van der Waals surface area (Å²) in [6.45, 7) is 4.85. The third kappa shape index (κ3) is 3.64. The molecular weight excluding hydrogens is 323 g/mol. The molecule has 1 aromatic rings. The molecule has 0 bridgehead atoms. The molecule has 20 heavy (non-hydrogen) atoms. The van der Waals surface area contributed by atoms with Crippen LogP contribution in [0.3, 0.4) is 0 Å². The largest absolute Gasteiger partial charge is 0.397 e. The fourth-order valence-corrected chi connectivity index (χ4v) is 2.91. The second kappa shape index (κ2) is 5.53. The Bertz CT molecular complexity index is 495. The van der Waals surface area contributed by atoms with Crippen molar-refractivity contribution in [3.63, 3.8) is 0 Å². The maximum absolute atomic E-state index is 13.5. The molecule has 112 valence electrons. The number of nitrogens with two attached hydrogens (primary N) is 1. The van der Waals surface area contributed by atoms with E-state index in [9.17, 15) is 9.50 Å². The number of hydrogen-bond acceptors (Lipinski definition) is 3. The van der Waals surface area contributed by atoms with Crippen LogP contribution in [-0.4, -0.2) is 17.3 Å². The van der Waals surface area contributed by atoms with E-state index >= 15 is 0 Å². The van der Waals surface area contributed by atoms with Gasteiger partial charge in [-0.3, -0.25) is 0 Å². The quantitative estimate of drug-likeness (QED) is 0.728. The topological polar surface area (TPSA) is 58.3 Å². The van der Waals surface area contributed by atoms with Crippen LogP contribution in [0.4, 0.5) is 15.8 Å². The lowest BCUT2D eigenvalue weighted by atomic mass is 9.71. The van der Waals surface area contributed by atoms with Gasteiger partial charge in [-0.05, 0) is 53.1 Å². The summed E-state index contributed by atoms with van der Waals surface area (Å²) in [7, 11) is 0. The predicted octanol–water partition coefficient (Wildman–Crippen LogP) is 3.91. The minimum atomic E-state index is -0.731. The van der Waals surface area contributed by atoms with E-state index in [1.54, 1.807) is 0 Å². The zero-order valence-corrected chi connectivity index (χ0v) is 13.6. The lowest BCUT2D eigenvalue weighted by molar-refractivity contribution is -0.0145. The van der Waals surface area contributed by atoms with Crippen molar-refractivity contribution in [2.24, 2.45) is 5.41 Å². The van der Waals surface area contributed by atoms with E-state index in [0.29, 0.717) is 27.8 Å². The maximum Gasteiger partial charge on any atom is 0.139 e. The highest BCUT2D eigenvalue weighted by atomic mass is 79.9. The van der Waals surface area contributed by atoms with Crippen LogP contribution in [0.1, 0.15) is 39.5 Å². The number of rotatable bonds is 3. The van der Waals surface area contributed by atoms with E-state index < -0.39 is 5.60 Å². The molecular formula is C15H22BrFN2O. The molecule has 0 amide bonds. The fraction of sp³-hybridized carbons (Fsp3) is 0.600. The highest BCUT2D eigenvalue weighted by Gasteiger charge is 2.36. The van der Waals surface area contributed by atoms with Crippen LogP contribution in [0.15, 0.2) is 16.6 Å². The Morgan fingerprint density at radius 2 is 1.90 bits per heavy atom. The number of halogens is 2. The summed E-state index contributed by atoms with van der Waals surface area (Å²) in [5.41, 5.74) is 6.42. The van der Waals surface area contributed by atoms with E-state index in [4.69, 9.17) is 5.73 Å². The number of nitrogens with one attached hydrogen (secondary N) is 1. The van der Waals surface area contributed by atoms with Gasteiger partial charge in [0.15, 0.2) is 0 Å². The number of anilines is 2. The van der Waals surface area contributed by atoms with Gasteiger partial charge >= 0.3 is 0 Å². The Morgan fingerprint density at radius 1 is 1.30 bits per heavy atom. The van der Waals surface area contributed by atoms with Crippen LogP contribution in [0.2, 0.25) is 0 Å². The molecule has 0 saturated heterocycles.